The van der Waals surface area contributed by atoms with Crippen LogP contribution in [0.5, 0.6) is 5.75 Å². The maximum Gasteiger partial charge on any atom is 0.409 e. The lowest BCUT2D eigenvalue weighted by atomic mass is 9.87. The third-order valence-corrected chi connectivity index (χ3v) is 4.96. The molecule has 3 rings (SSSR count). The predicted octanol–water partition coefficient (Wildman–Crippen LogP) is 3.15. The van der Waals surface area contributed by atoms with Gasteiger partial charge in [0.05, 0.1) is 26.9 Å². The number of amides is 1. The summed E-state index contributed by atoms with van der Waals surface area (Å²) in [4.78, 5) is 13.6. The monoisotopic (exact) mass is 349 g/mol. The molecule has 25 heavy (non-hydrogen) atoms. The van der Waals surface area contributed by atoms with E-state index in [0.717, 1.165) is 43.7 Å². The molecule has 2 heterocycles. The van der Waals surface area contributed by atoms with Crippen molar-refractivity contribution in [2.75, 3.05) is 40.0 Å². The topological polar surface area (TPSA) is 57.2 Å². The molecule has 138 valence electrons. The molecule has 0 bridgehead atoms. The first kappa shape index (κ1) is 18.0. The van der Waals surface area contributed by atoms with Gasteiger partial charge in [-0.25, -0.2) is 4.79 Å². The number of nitrogens with zero attached hydrogens (tertiary/aromatic N) is 1. The molecule has 2 saturated heterocycles. The summed E-state index contributed by atoms with van der Waals surface area (Å²) in [5.41, 5.74) is 0.997. The van der Waals surface area contributed by atoms with Crippen molar-refractivity contribution in [3.63, 3.8) is 0 Å². The molecule has 0 atom stereocenters. The highest BCUT2D eigenvalue weighted by atomic mass is 16.7. The number of ether oxygens (including phenoxy) is 4. The van der Waals surface area contributed by atoms with E-state index in [1.165, 1.54) is 0 Å². The summed E-state index contributed by atoms with van der Waals surface area (Å²) < 4.78 is 22.5. The van der Waals surface area contributed by atoms with Gasteiger partial charge in [0.2, 0.25) is 0 Å². The normalized spacial score (nSPS) is 20.5. The van der Waals surface area contributed by atoms with Crippen LogP contribution in [0.3, 0.4) is 0 Å². The Balaban J connectivity index is 1.66. The van der Waals surface area contributed by atoms with Gasteiger partial charge < -0.3 is 23.8 Å². The number of benzene rings is 1. The number of piperidine rings is 1. The highest BCUT2D eigenvalue weighted by Gasteiger charge is 2.41. The summed E-state index contributed by atoms with van der Waals surface area (Å²) in [5.74, 6) is 0.536. The fraction of sp³-hybridized carbons (Fsp3) is 0.632. The molecule has 0 aliphatic carbocycles. The maximum atomic E-state index is 11.8. The molecule has 2 fully saturated rings. The Bertz CT molecular complexity index is 577. The van der Waals surface area contributed by atoms with E-state index in [-0.39, 0.29) is 6.09 Å². The molecule has 2 aliphatic heterocycles. The maximum absolute atomic E-state index is 11.8. The lowest BCUT2D eigenvalue weighted by molar-refractivity contribution is -0.181. The molecule has 0 N–H and O–H groups in total. The molecule has 1 aromatic carbocycles. The SMILES string of the molecule is CCOC(=O)N1CCC(CC2(c3cccc(OC)c3)OCCO2)CC1. The van der Waals surface area contributed by atoms with Gasteiger partial charge in [0.15, 0.2) is 5.79 Å². The molecule has 0 saturated carbocycles. The Morgan fingerprint density at radius 2 is 2.00 bits per heavy atom. The predicted molar refractivity (Wildman–Crippen MR) is 92.5 cm³/mol. The van der Waals surface area contributed by atoms with Crippen molar-refractivity contribution in [3.8, 4) is 5.75 Å². The molecular weight excluding hydrogens is 322 g/mol. The largest absolute Gasteiger partial charge is 0.497 e. The molecule has 0 aromatic heterocycles. The minimum absolute atomic E-state index is 0.211. The quantitative estimate of drug-likeness (QED) is 0.817. The number of carbonyl (C=O) groups excluding carboxylic acids is 1. The summed E-state index contributed by atoms with van der Waals surface area (Å²) in [6.45, 7) is 4.88. The third kappa shape index (κ3) is 4.07. The summed E-state index contributed by atoms with van der Waals surface area (Å²) >= 11 is 0. The van der Waals surface area contributed by atoms with Crippen LogP contribution in [0.2, 0.25) is 0 Å². The number of carbonyl (C=O) groups is 1. The zero-order chi connectivity index (χ0) is 17.7. The van der Waals surface area contributed by atoms with E-state index in [9.17, 15) is 4.79 Å². The highest BCUT2D eigenvalue weighted by Crippen LogP contribution is 2.41. The van der Waals surface area contributed by atoms with Crippen molar-refractivity contribution in [1.82, 2.24) is 4.90 Å². The first-order valence-corrected chi connectivity index (χ1v) is 9.01. The van der Waals surface area contributed by atoms with Crippen LogP contribution in [-0.4, -0.2) is 51.0 Å². The molecular formula is C19H27NO5. The van der Waals surface area contributed by atoms with E-state index in [1.807, 2.05) is 31.2 Å². The van der Waals surface area contributed by atoms with E-state index >= 15 is 0 Å². The van der Waals surface area contributed by atoms with E-state index in [0.29, 0.717) is 25.7 Å². The minimum atomic E-state index is -0.703. The van der Waals surface area contributed by atoms with Crippen molar-refractivity contribution in [2.24, 2.45) is 5.92 Å². The third-order valence-electron chi connectivity index (χ3n) is 4.96. The fourth-order valence-corrected chi connectivity index (χ4v) is 3.63. The smallest absolute Gasteiger partial charge is 0.409 e. The molecule has 0 radical (unpaired) electrons. The Labute approximate surface area is 149 Å². The van der Waals surface area contributed by atoms with E-state index in [4.69, 9.17) is 18.9 Å². The molecule has 1 aromatic rings. The van der Waals surface area contributed by atoms with Crippen LogP contribution < -0.4 is 4.74 Å². The average Bonchev–Trinajstić information content (AvgIpc) is 3.12. The van der Waals surface area contributed by atoms with Crippen molar-refractivity contribution < 1.29 is 23.7 Å². The average molecular weight is 349 g/mol. The molecule has 1 amide bonds. The number of likely N-dealkylation sites (tertiary alicyclic amines) is 1. The van der Waals surface area contributed by atoms with E-state index < -0.39 is 5.79 Å². The molecule has 6 nitrogen and oxygen atoms in total. The standard InChI is InChI=1S/C19H27NO5/c1-3-23-18(21)20-9-7-15(8-10-20)14-19(24-11-12-25-19)16-5-4-6-17(13-16)22-2/h4-6,13,15H,3,7-12,14H2,1-2H3. The van der Waals surface area contributed by atoms with Crippen LogP contribution in [0, 0.1) is 5.92 Å². The van der Waals surface area contributed by atoms with Gasteiger partial charge >= 0.3 is 6.09 Å². The van der Waals surface area contributed by atoms with Crippen molar-refractivity contribution in [2.45, 2.75) is 32.0 Å². The zero-order valence-electron chi connectivity index (χ0n) is 15.0. The van der Waals surface area contributed by atoms with Crippen molar-refractivity contribution in [1.29, 1.82) is 0 Å². The Morgan fingerprint density at radius 1 is 1.28 bits per heavy atom. The fourth-order valence-electron chi connectivity index (χ4n) is 3.63. The summed E-state index contributed by atoms with van der Waals surface area (Å²) in [5, 5.41) is 0. The summed E-state index contributed by atoms with van der Waals surface area (Å²) in [6.07, 6.45) is 2.43. The van der Waals surface area contributed by atoms with Crippen LogP contribution in [0.15, 0.2) is 24.3 Å². The number of hydrogen-bond acceptors (Lipinski definition) is 5. The van der Waals surface area contributed by atoms with Crippen molar-refractivity contribution in [3.05, 3.63) is 29.8 Å². The van der Waals surface area contributed by atoms with E-state index in [2.05, 4.69) is 0 Å². The van der Waals surface area contributed by atoms with Crippen molar-refractivity contribution >= 4 is 6.09 Å². The Kier molecular flexibility index (Phi) is 5.81. The minimum Gasteiger partial charge on any atom is -0.497 e. The molecule has 2 aliphatic rings. The number of methoxy groups -OCH3 is 1. The number of hydrogen-bond donors (Lipinski definition) is 0. The second-order valence-electron chi connectivity index (χ2n) is 6.52. The molecule has 6 heteroatoms. The lowest BCUT2D eigenvalue weighted by Gasteiger charge is -2.36. The first-order chi connectivity index (χ1) is 12.2. The van der Waals surface area contributed by atoms with Gasteiger partial charge in [-0.15, -0.1) is 0 Å². The van der Waals surface area contributed by atoms with Gasteiger partial charge in [-0.05, 0) is 37.8 Å². The second-order valence-corrected chi connectivity index (χ2v) is 6.52. The first-order valence-electron chi connectivity index (χ1n) is 9.01. The molecule has 0 unspecified atom stereocenters. The van der Waals surface area contributed by atoms with Gasteiger partial charge in [-0.3, -0.25) is 0 Å². The van der Waals surface area contributed by atoms with Gasteiger partial charge in [0, 0.05) is 25.1 Å². The van der Waals surface area contributed by atoms with Crippen LogP contribution in [-0.2, 0) is 20.0 Å². The van der Waals surface area contributed by atoms with Gasteiger partial charge in [0.25, 0.3) is 0 Å². The van der Waals surface area contributed by atoms with Crippen LogP contribution >= 0.6 is 0 Å². The zero-order valence-corrected chi connectivity index (χ0v) is 15.0. The second kappa shape index (κ2) is 8.06. The van der Waals surface area contributed by atoms with Crippen LogP contribution in [0.1, 0.15) is 31.7 Å². The van der Waals surface area contributed by atoms with Gasteiger partial charge in [0.1, 0.15) is 5.75 Å². The number of rotatable bonds is 5. The van der Waals surface area contributed by atoms with Crippen LogP contribution in [0.4, 0.5) is 4.79 Å². The van der Waals surface area contributed by atoms with Crippen LogP contribution in [0.25, 0.3) is 0 Å². The lowest BCUT2D eigenvalue weighted by Crippen LogP contribution is -2.41. The van der Waals surface area contributed by atoms with Gasteiger partial charge in [-0.1, -0.05) is 12.1 Å². The Morgan fingerprint density at radius 3 is 2.64 bits per heavy atom. The molecule has 0 spiro atoms. The summed E-state index contributed by atoms with van der Waals surface area (Å²) in [6, 6.07) is 7.90. The van der Waals surface area contributed by atoms with Gasteiger partial charge in [-0.2, -0.15) is 0 Å². The van der Waals surface area contributed by atoms with E-state index in [1.54, 1.807) is 12.0 Å². The Hall–Kier alpha value is -1.79. The highest BCUT2D eigenvalue weighted by molar-refractivity contribution is 5.67. The summed E-state index contributed by atoms with van der Waals surface area (Å²) in [7, 11) is 1.66.